The van der Waals surface area contributed by atoms with Gasteiger partial charge in [-0.1, -0.05) is 32.1 Å². The number of carbonyl (C=O) groups is 2. The molecule has 0 atom stereocenters. The van der Waals surface area contributed by atoms with E-state index in [9.17, 15) is 9.59 Å². The van der Waals surface area contributed by atoms with Crippen LogP contribution in [0, 0.1) is 0 Å². The van der Waals surface area contributed by atoms with Crippen LogP contribution >= 0.6 is 23.1 Å². The van der Waals surface area contributed by atoms with Crippen molar-refractivity contribution in [3.63, 3.8) is 0 Å². The van der Waals surface area contributed by atoms with E-state index >= 15 is 0 Å². The smallest absolute Gasteiger partial charge is 0.257 e. The lowest BCUT2D eigenvalue weighted by Gasteiger charge is -2.12. The Morgan fingerprint density at radius 3 is 2.59 bits per heavy atom. The molecule has 182 valence electrons. The number of oxazole rings is 1. The molecule has 2 aromatic heterocycles. The zero-order valence-corrected chi connectivity index (χ0v) is 20.9. The molecule has 0 aliphatic rings. The second-order valence-electron chi connectivity index (χ2n) is 8.46. The molecule has 0 spiro atoms. The topological polar surface area (TPSA) is 127 Å². The van der Waals surface area contributed by atoms with Gasteiger partial charge in [-0.25, -0.2) is 15.4 Å². The maximum atomic E-state index is 12.5. The number of rotatable bonds is 11. The number of hydrogen-bond donors (Lipinski definition) is 3. The number of anilines is 1. The lowest BCUT2D eigenvalue weighted by Crippen LogP contribution is -2.18. The van der Waals surface area contributed by atoms with Gasteiger partial charge in [0.05, 0.1) is 29.0 Å². The molecule has 0 bridgehead atoms. The number of unbranched alkanes of at least 4 members (excludes halogenated alkanes) is 1. The average Bonchev–Trinajstić information content (AvgIpc) is 3.47. The Morgan fingerprint density at radius 2 is 1.91 bits per heavy atom. The van der Waals surface area contributed by atoms with Crippen molar-refractivity contribution < 1.29 is 24.0 Å². The van der Waals surface area contributed by atoms with Crippen molar-refractivity contribution in [2.45, 2.75) is 55.4 Å². The lowest BCUT2D eigenvalue weighted by atomic mass is 9.94. The first kappa shape index (κ1) is 25.7. The fraction of sp³-hybridized carbons (Fsp3) is 0.391. The molecule has 3 rings (SSSR count). The van der Waals surface area contributed by atoms with Crippen molar-refractivity contribution in [1.82, 2.24) is 15.4 Å². The number of aromatic nitrogens is 2. The van der Waals surface area contributed by atoms with Crippen molar-refractivity contribution in [2.75, 3.05) is 11.9 Å². The molecule has 9 nitrogen and oxygen atoms in total. The van der Waals surface area contributed by atoms with Crippen LogP contribution in [0.15, 0.2) is 45.3 Å². The Hall–Kier alpha value is -2.89. The second-order valence-corrected chi connectivity index (χ2v) is 10.8. The summed E-state index contributed by atoms with van der Waals surface area (Å²) in [6.07, 6.45) is 5.02. The van der Waals surface area contributed by atoms with Crippen LogP contribution in [-0.4, -0.2) is 33.6 Å². The van der Waals surface area contributed by atoms with Gasteiger partial charge in [-0.05, 0) is 37.1 Å². The fourth-order valence-electron chi connectivity index (χ4n) is 2.75. The summed E-state index contributed by atoms with van der Waals surface area (Å²) in [5, 5.41) is 11.8. The van der Waals surface area contributed by atoms with Gasteiger partial charge < -0.3 is 9.15 Å². The van der Waals surface area contributed by atoms with Gasteiger partial charge in [-0.15, -0.1) is 11.8 Å². The molecular formula is C23H28N4O5S2. The number of nitrogens with one attached hydrogen (secondary N) is 2. The van der Waals surface area contributed by atoms with E-state index in [1.54, 1.807) is 53.9 Å². The largest absolute Gasteiger partial charge is 0.494 e. The monoisotopic (exact) mass is 504 g/mol. The van der Waals surface area contributed by atoms with Crippen LogP contribution in [0.25, 0.3) is 0 Å². The van der Waals surface area contributed by atoms with Gasteiger partial charge in [-0.2, -0.15) is 0 Å². The quantitative estimate of drug-likeness (QED) is 0.144. The number of hydroxylamine groups is 1. The summed E-state index contributed by atoms with van der Waals surface area (Å²) in [7, 11) is 0. The third kappa shape index (κ3) is 7.86. The van der Waals surface area contributed by atoms with Gasteiger partial charge in [0.15, 0.2) is 5.13 Å². The summed E-state index contributed by atoms with van der Waals surface area (Å²) >= 11 is 2.95. The van der Waals surface area contributed by atoms with E-state index in [2.05, 4.69) is 36.1 Å². The van der Waals surface area contributed by atoms with E-state index in [4.69, 9.17) is 14.4 Å². The number of benzene rings is 1. The highest BCUT2D eigenvalue weighted by molar-refractivity contribution is 8.00. The fourth-order valence-corrected chi connectivity index (χ4v) is 4.47. The van der Waals surface area contributed by atoms with Gasteiger partial charge in [-0.3, -0.25) is 20.1 Å². The van der Waals surface area contributed by atoms with Crippen molar-refractivity contribution in [2.24, 2.45) is 0 Å². The van der Waals surface area contributed by atoms with E-state index in [-0.39, 0.29) is 17.7 Å². The SMILES string of the molecule is CC(C)(C)c1cnc(CSc2cnc(NC(=O)c3ccc(OCCCCC(=O)NO)cc3)s2)o1. The van der Waals surface area contributed by atoms with E-state index < -0.39 is 5.91 Å². The Kier molecular flexibility index (Phi) is 9.08. The molecule has 0 fully saturated rings. The van der Waals surface area contributed by atoms with Crippen LogP contribution in [0.5, 0.6) is 5.75 Å². The predicted octanol–water partition coefficient (Wildman–Crippen LogP) is 5.03. The summed E-state index contributed by atoms with van der Waals surface area (Å²) in [4.78, 5) is 32.1. The van der Waals surface area contributed by atoms with E-state index in [0.717, 1.165) is 9.97 Å². The molecule has 2 amide bonds. The molecule has 0 aliphatic heterocycles. The van der Waals surface area contributed by atoms with Gasteiger partial charge in [0.2, 0.25) is 11.8 Å². The van der Waals surface area contributed by atoms with Crippen LogP contribution in [-0.2, 0) is 16.0 Å². The first-order chi connectivity index (χ1) is 16.2. The predicted molar refractivity (Wildman–Crippen MR) is 131 cm³/mol. The highest BCUT2D eigenvalue weighted by Gasteiger charge is 2.19. The highest BCUT2D eigenvalue weighted by Crippen LogP contribution is 2.32. The molecule has 0 saturated heterocycles. The van der Waals surface area contributed by atoms with Crippen molar-refractivity contribution in [3.05, 3.63) is 53.9 Å². The number of ether oxygens (including phenoxy) is 1. The third-order valence-corrected chi connectivity index (χ3v) is 6.74. The number of thiazole rings is 1. The second kappa shape index (κ2) is 12.0. The molecule has 0 saturated carbocycles. The Bertz CT molecular complexity index is 1090. The van der Waals surface area contributed by atoms with Crippen molar-refractivity contribution in [1.29, 1.82) is 0 Å². The van der Waals surface area contributed by atoms with Gasteiger partial charge >= 0.3 is 0 Å². The Labute approximate surface area is 206 Å². The summed E-state index contributed by atoms with van der Waals surface area (Å²) in [6.45, 7) is 6.67. The zero-order chi connectivity index (χ0) is 24.6. The number of amides is 2. The normalized spacial score (nSPS) is 11.3. The standard InChI is InChI=1S/C23H28N4O5S2/c1-23(2,3)17-12-24-19(32-17)14-33-20-13-25-22(34-20)26-21(29)15-7-9-16(10-8-15)31-11-5-4-6-18(28)27-30/h7-10,12-13,30H,4-6,11,14H2,1-3H3,(H,27,28)(H,25,26,29). The average molecular weight is 505 g/mol. The molecule has 2 heterocycles. The van der Waals surface area contributed by atoms with Crippen LogP contribution in [0.3, 0.4) is 0 Å². The maximum absolute atomic E-state index is 12.5. The molecule has 11 heteroatoms. The first-order valence-corrected chi connectivity index (χ1v) is 12.6. The van der Waals surface area contributed by atoms with Crippen LogP contribution < -0.4 is 15.5 Å². The molecule has 3 N–H and O–H groups in total. The molecule has 34 heavy (non-hydrogen) atoms. The van der Waals surface area contributed by atoms with Crippen LogP contribution in [0.4, 0.5) is 5.13 Å². The van der Waals surface area contributed by atoms with Crippen molar-refractivity contribution in [3.8, 4) is 5.75 Å². The summed E-state index contributed by atoms with van der Waals surface area (Å²) < 4.78 is 12.4. The van der Waals surface area contributed by atoms with E-state index in [1.165, 1.54) is 11.3 Å². The van der Waals surface area contributed by atoms with Crippen LogP contribution in [0.2, 0.25) is 0 Å². The minimum absolute atomic E-state index is 0.0810. The number of thioether (sulfide) groups is 1. The Morgan fingerprint density at radius 1 is 1.15 bits per heavy atom. The first-order valence-electron chi connectivity index (χ1n) is 10.8. The van der Waals surface area contributed by atoms with E-state index in [1.807, 2.05) is 0 Å². The minimum atomic E-state index is -0.412. The highest BCUT2D eigenvalue weighted by atomic mass is 32.2. The minimum Gasteiger partial charge on any atom is -0.494 e. The summed E-state index contributed by atoms with van der Waals surface area (Å²) in [6, 6.07) is 6.81. The molecule has 0 radical (unpaired) electrons. The molecule has 3 aromatic rings. The Balaban J connectivity index is 1.43. The number of nitrogens with zero attached hydrogens (tertiary/aromatic N) is 2. The van der Waals surface area contributed by atoms with Crippen molar-refractivity contribution >= 4 is 40.0 Å². The van der Waals surface area contributed by atoms with Crippen LogP contribution in [0.1, 0.15) is 62.0 Å². The van der Waals surface area contributed by atoms with E-state index in [0.29, 0.717) is 47.5 Å². The lowest BCUT2D eigenvalue weighted by molar-refractivity contribution is -0.129. The summed E-state index contributed by atoms with van der Waals surface area (Å²) in [5.74, 6) is 2.07. The number of carbonyl (C=O) groups excluding carboxylic acids is 2. The molecular weight excluding hydrogens is 476 g/mol. The van der Waals surface area contributed by atoms with Gasteiger partial charge in [0.1, 0.15) is 11.5 Å². The number of hydrogen-bond acceptors (Lipinski definition) is 9. The van der Waals surface area contributed by atoms with Gasteiger partial charge in [0.25, 0.3) is 5.91 Å². The third-order valence-electron chi connectivity index (χ3n) is 4.64. The molecule has 0 aliphatic carbocycles. The summed E-state index contributed by atoms with van der Waals surface area (Å²) in [5.41, 5.74) is 2.01. The zero-order valence-electron chi connectivity index (χ0n) is 19.3. The molecule has 1 aromatic carbocycles. The molecule has 0 unspecified atom stereocenters. The maximum Gasteiger partial charge on any atom is 0.257 e. The van der Waals surface area contributed by atoms with Gasteiger partial charge in [0, 0.05) is 17.4 Å².